The van der Waals surface area contributed by atoms with Crippen LogP contribution in [0.1, 0.15) is 25.3 Å². The molecule has 3 heterocycles. The maximum atomic E-state index is 14.4. The lowest BCUT2D eigenvalue weighted by atomic mass is 9.95. The van der Waals surface area contributed by atoms with Gasteiger partial charge in [-0.2, -0.15) is 5.10 Å². The SMILES string of the molecule is CN1CCN(c2ccc(-c3n[nH]c4cnc(-c5cc(F)cc(C6(C)CC6)c5)cc34)cc2)CC1. The number of hydrogen-bond acceptors (Lipinski definition) is 4. The number of pyridine rings is 1. The van der Waals surface area contributed by atoms with Crippen LogP contribution < -0.4 is 4.90 Å². The Morgan fingerprint density at radius 1 is 0.939 bits per heavy atom. The largest absolute Gasteiger partial charge is 0.369 e. The second-order valence-electron chi connectivity index (χ2n) is 9.81. The van der Waals surface area contributed by atoms with E-state index in [1.54, 1.807) is 18.3 Å². The van der Waals surface area contributed by atoms with E-state index in [9.17, 15) is 4.39 Å². The number of likely N-dealkylation sites (N-methyl/N-ethyl adjacent to an activating group) is 1. The summed E-state index contributed by atoms with van der Waals surface area (Å²) in [5.41, 5.74) is 6.82. The molecule has 1 N–H and O–H groups in total. The van der Waals surface area contributed by atoms with E-state index in [-0.39, 0.29) is 11.2 Å². The number of halogens is 1. The number of aromatic nitrogens is 3. The minimum absolute atomic E-state index is 0.104. The molecule has 2 fully saturated rings. The van der Waals surface area contributed by atoms with Crippen LogP contribution >= 0.6 is 0 Å². The molecule has 4 aromatic rings. The molecule has 0 amide bonds. The monoisotopic (exact) mass is 441 g/mol. The Kier molecular flexibility index (Phi) is 4.73. The van der Waals surface area contributed by atoms with Crippen LogP contribution in [0.2, 0.25) is 0 Å². The summed E-state index contributed by atoms with van der Waals surface area (Å²) in [6.07, 6.45) is 4.01. The predicted molar refractivity (Wildman–Crippen MR) is 131 cm³/mol. The van der Waals surface area contributed by atoms with Crippen molar-refractivity contribution in [3.05, 3.63) is 66.1 Å². The topological polar surface area (TPSA) is 48.0 Å². The van der Waals surface area contributed by atoms with Gasteiger partial charge >= 0.3 is 0 Å². The van der Waals surface area contributed by atoms with Crippen molar-refractivity contribution in [3.8, 4) is 22.5 Å². The van der Waals surface area contributed by atoms with Crippen molar-refractivity contribution < 1.29 is 4.39 Å². The van der Waals surface area contributed by atoms with E-state index in [0.717, 1.165) is 78.0 Å². The number of nitrogens with one attached hydrogen (secondary N) is 1. The first-order valence-corrected chi connectivity index (χ1v) is 11.7. The van der Waals surface area contributed by atoms with Crippen LogP contribution in [0.15, 0.2) is 54.7 Å². The van der Waals surface area contributed by atoms with Crippen LogP contribution in [0.3, 0.4) is 0 Å². The number of piperazine rings is 1. The maximum Gasteiger partial charge on any atom is 0.124 e. The van der Waals surface area contributed by atoms with Gasteiger partial charge < -0.3 is 9.80 Å². The van der Waals surface area contributed by atoms with Gasteiger partial charge in [0, 0.05) is 48.4 Å². The molecular formula is C27H28FN5. The average molecular weight is 442 g/mol. The zero-order chi connectivity index (χ0) is 22.6. The normalized spacial score (nSPS) is 18.1. The van der Waals surface area contributed by atoms with E-state index in [1.807, 2.05) is 6.07 Å². The molecule has 0 atom stereocenters. The van der Waals surface area contributed by atoms with E-state index in [2.05, 4.69) is 69.3 Å². The third kappa shape index (κ3) is 3.78. The van der Waals surface area contributed by atoms with Gasteiger partial charge in [0.05, 0.1) is 17.4 Å². The second kappa shape index (κ2) is 7.66. The molecule has 6 rings (SSSR count). The van der Waals surface area contributed by atoms with Gasteiger partial charge in [-0.3, -0.25) is 10.1 Å². The quantitative estimate of drug-likeness (QED) is 0.471. The highest BCUT2D eigenvalue weighted by atomic mass is 19.1. The second-order valence-corrected chi connectivity index (χ2v) is 9.81. The predicted octanol–water partition coefficient (Wildman–Crippen LogP) is 5.23. The minimum Gasteiger partial charge on any atom is -0.369 e. The lowest BCUT2D eigenvalue weighted by Gasteiger charge is -2.34. The van der Waals surface area contributed by atoms with Crippen LogP contribution in [0.25, 0.3) is 33.4 Å². The first-order valence-electron chi connectivity index (χ1n) is 11.7. The number of H-pyrrole nitrogens is 1. The first kappa shape index (κ1) is 20.4. The maximum absolute atomic E-state index is 14.4. The number of nitrogens with zero attached hydrogens (tertiary/aromatic N) is 4. The molecule has 5 nitrogen and oxygen atoms in total. The molecule has 33 heavy (non-hydrogen) atoms. The fourth-order valence-corrected chi connectivity index (χ4v) is 4.75. The average Bonchev–Trinajstić information content (AvgIpc) is 3.45. The highest BCUT2D eigenvalue weighted by Gasteiger charge is 2.39. The Balaban J connectivity index is 1.34. The Morgan fingerprint density at radius 2 is 1.70 bits per heavy atom. The van der Waals surface area contributed by atoms with Gasteiger partial charge in [0.1, 0.15) is 11.5 Å². The fourth-order valence-electron chi connectivity index (χ4n) is 4.75. The Bertz CT molecular complexity index is 1310. The van der Waals surface area contributed by atoms with Gasteiger partial charge in [0.15, 0.2) is 0 Å². The lowest BCUT2D eigenvalue weighted by molar-refractivity contribution is 0.313. The smallest absolute Gasteiger partial charge is 0.124 e. The number of anilines is 1. The van der Waals surface area contributed by atoms with Crippen molar-refractivity contribution in [2.24, 2.45) is 0 Å². The highest BCUT2D eigenvalue weighted by Crippen LogP contribution is 2.48. The Labute approximate surface area is 193 Å². The molecular weight excluding hydrogens is 413 g/mol. The standard InChI is InChI=1S/C27H28FN5/c1-27(7-8-27)20-13-19(14-21(28)15-20)24-16-23-25(17-29-24)30-31-26(23)18-3-5-22(6-4-18)33-11-9-32(2)10-12-33/h3-6,13-17H,7-12H2,1-2H3,(H,30,31). The summed E-state index contributed by atoms with van der Waals surface area (Å²) in [6.45, 7) is 6.46. The van der Waals surface area contributed by atoms with E-state index >= 15 is 0 Å². The number of benzene rings is 2. The molecule has 0 unspecified atom stereocenters. The minimum atomic E-state index is -0.204. The summed E-state index contributed by atoms with van der Waals surface area (Å²) in [5.74, 6) is -0.204. The van der Waals surface area contributed by atoms with Crippen LogP contribution in [-0.4, -0.2) is 53.3 Å². The number of rotatable bonds is 4. The third-order valence-electron chi connectivity index (χ3n) is 7.35. The third-order valence-corrected chi connectivity index (χ3v) is 7.35. The zero-order valence-electron chi connectivity index (χ0n) is 19.1. The van der Waals surface area contributed by atoms with Crippen LogP contribution in [-0.2, 0) is 5.41 Å². The van der Waals surface area contributed by atoms with Gasteiger partial charge in [-0.25, -0.2) is 4.39 Å². The molecule has 0 bridgehead atoms. The summed E-state index contributed by atoms with van der Waals surface area (Å²) in [7, 11) is 2.17. The molecule has 2 aromatic carbocycles. The van der Waals surface area contributed by atoms with E-state index in [0.29, 0.717) is 0 Å². The lowest BCUT2D eigenvalue weighted by Crippen LogP contribution is -2.44. The van der Waals surface area contributed by atoms with Crippen molar-refractivity contribution in [3.63, 3.8) is 0 Å². The zero-order valence-corrected chi connectivity index (χ0v) is 19.1. The number of aromatic amines is 1. The van der Waals surface area contributed by atoms with Gasteiger partial charge in [-0.1, -0.05) is 19.1 Å². The molecule has 0 spiro atoms. The molecule has 6 heteroatoms. The van der Waals surface area contributed by atoms with E-state index in [1.165, 1.54) is 5.69 Å². The van der Waals surface area contributed by atoms with Gasteiger partial charge in [0.2, 0.25) is 0 Å². The number of fused-ring (bicyclic) bond motifs is 1. The molecule has 1 aliphatic carbocycles. The molecule has 1 aliphatic heterocycles. The van der Waals surface area contributed by atoms with Crippen molar-refractivity contribution in [1.82, 2.24) is 20.1 Å². The number of hydrogen-bond donors (Lipinski definition) is 1. The molecule has 2 aromatic heterocycles. The van der Waals surface area contributed by atoms with Crippen LogP contribution in [0, 0.1) is 5.82 Å². The van der Waals surface area contributed by atoms with E-state index in [4.69, 9.17) is 0 Å². The van der Waals surface area contributed by atoms with Crippen molar-refractivity contribution in [1.29, 1.82) is 0 Å². The van der Waals surface area contributed by atoms with Gasteiger partial charge in [0.25, 0.3) is 0 Å². The summed E-state index contributed by atoms with van der Waals surface area (Å²) in [4.78, 5) is 9.39. The summed E-state index contributed by atoms with van der Waals surface area (Å²) < 4.78 is 14.4. The summed E-state index contributed by atoms with van der Waals surface area (Å²) in [5, 5.41) is 8.68. The van der Waals surface area contributed by atoms with E-state index < -0.39 is 0 Å². The van der Waals surface area contributed by atoms with Crippen molar-refractivity contribution in [2.75, 3.05) is 38.1 Å². The summed E-state index contributed by atoms with van der Waals surface area (Å²) >= 11 is 0. The molecule has 2 aliphatic rings. The highest BCUT2D eigenvalue weighted by molar-refractivity contribution is 5.94. The molecule has 168 valence electrons. The van der Waals surface area contributed by atoms with Crippen LogP contribution in [0.4, 0.5) is 10.1 Å². The van der Waals surface area contributed by atoms with Gasteiger partial charge in [-0.15, -0.1) is 0 Å². The molecule has 1 saturated carbocycles. The Hall–Kier alpha value is -3.25. The molecule has 1 saturated heterocycles. The summed E-state index contributed by atoms with van der Waals surface area (Å²) in [6, 6.07) is 16.0. The van der Waals surface area contributed by atoms with Crippen molar-refractivity contribution in [2.45, 2.75) is 25.2 Å². The van der Waals surface area contributed by atoms with Gasteiger partial charge in [-0.05, 0) is 67.3 Å². The molecule has 0 radical (unpaired) electrons. The fraction of sp³-hybridized carbons (Fsp3) is 0.333. The Morgan fingerprint density at radius 3 is 2.42 bits per heavy atom. The van der Waals surface area contributed by atoms with Crippen LogP contribution in [0.5, 0.6) is 0 Å². The van der Waals surface area contributed by atoms with Crippen molar-refractivity contribution >= 4 is 16.6 Å². The first-order chi connectivity index (χ1) is 16.0.